The molecule has 0 fully saturated rings. The molecule has 7 nitrogen and oxygen atoms in total. The molecule has 7 heteroatoms. The largest absolute Gasteiger partial charge is 0.506 e. The Morgan fingerprint density at radius 1 is 1.58 bits per heavy atom. The second kappa shape index (κ2) is 5.66. The first-order chi connectivity index (χ1) is 8.84. The Labute approximate surface area is 110 Å². The Morgan fingerprint density at radius 3 is 2.68 bits per heavy atom. The molecule has 1 rings (SSSR count). The molecule has 1 amide bonds. The minimum absolute atomic E-state index is 0.00678. The van der Waals surface area contributed by atoms with Gasteiger partial charge in [-0.15, -0.1) is 0 Å². The van der Waals surface area contributed by atoms with Crippen LogP contribution in [0.5, 0.6) is 5.75 Å². The maximum absolute atomic E-state index is 12.1. The zero-order valence-corrected chi connectivity index (χ0v) is 10.8. The van der Waals surface area contributed by atoms with Gasteiger partial charge in [0.25, 0.3) is 5.69 Å². The fraction of sp³-hybridized carbons (Fsp3) is 0.417. The van der Waals surface area contributed by atoms with Gasteiger partial charge in [-0.05, 0) is 19.4 Å². The molecule has 0 radical (unpaired) electrons. The van der Waals surface area contributed by atoms with Crippen molar-refractivity contribution in [3.63, 3.8) is 0 Å². The van der Waals surface area contributed by atoms with Gasteiger partial charge in [-0.25, -0.2) is 0 Å². The van der Waals surface area contributed by atoms with E-state index in [1.54, 1.807) is 6.92 Å². The van der Waals surface area contributed by atoms with Crippen molar-refractivity contribution in [1.82, 2.24) is 0 Å². The van der Waals surface area contributed by atoms with E-state index in [-0.39, 0.29) is 29.6 Å². The molecular formula is C12H17N3O4. The molecule has 4 N–H and O–H groups in total. The third-order valence-electron chi connectivity index (χ3n) is 3.22. The first-order valence-electron chi connectivity index (χ1n) is 5.83. The van der Waals surface area contributed by atoms with Crippen molar-refractivity contribution in [3.05, 3.63) is 28.3 Å². The number of nitrogens with two attached hydrogens (primary N) is 1. The molecule has 1 aromatic carbocycles. The molecule has 0 bridgehead atoms. The second-order valence-electron chi connectivity index (χ2n) is 4.53. The summed E-state index contributed by atoms with van der Waals surface area (Å²) in [5, 5.41) is 22.7. The number of anilines is 1. The Balaban J connectivity index is 3.02. The Kier molecular flexibility index (Phi) is 4.44. The smallest absolute Gasteiger partial charge is 0.271 e. The third kappa shape index (κ3) is 3.19. The van der Waals surface area contributed by atoms with E-state index in [2.05, 4.69) is 5.32 Å². The lowest BCUT2D eigenvalue weighted by Crippen LogP contribution is -2.39. The highest BCUT2D eigenvalue weighted by Crippen LogP contribution is 2.30. The van der Waals surface area contributed by atoms with Crippen LogP contribution < -0.4 is 11.1 Å². The average Bonchev–Trinajstić information content (AvgIpc) is 2.39. The summed E-state index contributed by atoms with van der Waals surface area (Å²) in [4.78, 5) is 22.1. The third-order valence-corrected chi connectivity index (χ3v) is 3.22. The number of carbonyl (C=O) groups is 1. The van der Waals surface area contributed by atoms with Crippen molar-refractivity contribution in [2.45, 2.75) is 20.3 Å². The van der Waals surface area contributed by atoms with E-state index in [0.29, 0.717) is 6.42 Å². The van der Waals surface area contributed by atoms with Crippen LogP contribution >= 0.6 is 0 Å². The standard InChI is InChI=1S/C12H17N3O4/c1-3-12(2,7-13)11(17)14-9-6-8(15(18)19)4-5-10(9)16/h4-6,16H,3,7,13H2,1-2H3,(H,14,17). The molecule has 19 heavy (non-hydrogen) atoms. The van der Waals surface area contributed by atoms with Gasteiger partial charge < -0.3 is 16.2 Å². The van der Waals surface area contributed by atoms with Crippen molar-refractivity contribution in [3.8, 4) is 5.75 Å². The molecule has 0 spiro atoms. The van der Waals surface area contributed by atoms with E-state index in [0.717, 1.165) is 12.1 Å². The summed E-state index contributed by atoms with van der Waals surface area (Å²) in [6, 6.07) is 3.44. The second-order valence-corrected chi connectivity index (χ2v) is 4.53. The number of carbonyl (C=O) groups excluding carboxylic acids is 1. The van der Waals surface area contributed by atoms with Gasteiger partial charge in [0.2, 0.25) is 5.91 Å². The van der Waals surface area contributed by atoms with Gasteiger partial charge in [0.15, 0.2) is 0 Å². The summed E-state index contributed by atoms with van der Waals surface area (Å²) in [6.07, 6.45) is 0.519. The van der Waals surface area contributed by atoms with E-state index < -0.39 is 10.3 Å². The number of phenolic OH excluding ortho intramolecular Hbond substituents is 1. The van der Waals surface area contributed by atoms with Crippen molar-refractivity contribution < 1.29 is 14.8 Å². The molecular weight excluding hydrogens is 250 g/mol. The molecule has 0 aromatic heterocycles. The number of aromatic hydroxyl groups is 1. The molecule has 0 aliphatic heterocycles. The van der Waals surface area contributed by atoms with Crippen LogP contribution in [-0.4, -0.2) is 22.5 Å². The number of phenols is 1. The highest BCUT2D eigenvalue weighted by molar-refractivity contribution is 5.96. The lowest BCUT2D eigenvalue weighted by Gasteiger charge is -2.25. The van der Waals surface area contributed by atoms with Crippen molar-refractivity contribution in [2.75, 3.05) is 11.9 Å². The van der Waals surface area contributed by atoms with Crippen molar-refractivity contribution in [1.29, 1.82) is 0 Å². The monoisotopic (exact) mass is 267 g/mol. The van der Waals surface area contributed by atoms with Crippen LogP contribution in [0.1, 0.15) is 20.3 Å². The Hall–Kier alpha value is -2.15. The van der Waals surface area contributed by atoms with Crippen LogP contribution in [0.2, 0.25) is 0 Å². The van der Waals surface area contributed by atoms with Crippen LogP contribution in [-0.2, 0) is 4.79 Å². The molecule has 0 heterocycles. The van der Waals surface area contributed by atoms with E-state index in [1.165, 1.54) is 6.07 Å². The van der Waals surface area contributed by atoms with Crippen LogP contribution in [0.25, 0.3) is 0 Å². The Bertz CT molecular complexity index is 498. The first-order valence-corrected chi connectivity index (χ1v) is 5.83. The zero-order valence-electron chi connectivity index (χ0n) is 10.8. The van der Waals surface area contributed by atoms with Crippen LogP contribution in [0.15, 0.2) is 18.2 Å². The van der Waals surface area contributed by atoms with Crippen LogP contribution in [0.3, 0.4) is 0 Å². The number of nitrogens with one attached hydrogen (secondary N) is 1. The molecule has 104 valence electrons. The number of rotatable bonds is 5. The Morgan fingerprint density at radius 2 is 2.21 bits per heavy atom. The number of nitro groups is 1. The number of non-ortho nitro benzene ring substituents is 1. The quantitative estimate of drug-likeness (QED) is 0.425. The highest BCUT2D eigenvalue weighted by Gasteiger charge is 2.30. The molecule has 0 saturated carbocycles. The van der Waals surface area contributed by atoms with Crippen molar-refractivity contribution >= 4 is 17.3 Å². The maximum Gasteiger partial charge on any atom is 0.271 e. The molecule has 1 atom stereocenters. The first kappa shape index (κ1) is 14.9. The predicted molar refractivity (Wildman–Crippen MR) is 70.8 cm³/mol. The summed E-state index contributed by atoms with van der Waals surface area (Å²) in [7, 11) is 0. The number of nitro benzene ring substituents is 1. The number of benzene rings is 1. The summed E-state index contributed by atoms with van der Waals surface area (Å²) in [6.45, 7) is 3.65. The topological polar surface area (TPSA) is 118 Å². The van der Waals surface area contributed by atoms with Crippen molar-refractivity contribution in [2.24, 2.45) is 11.1 Å². The van der Waals surface area contributed by atoms with Gasteiger partial charge in [-0.1, -0.05) is 6.92 Å². The SMILES string of the molecule is CCC(C)(CN)C(=O)Nc1cc([N+](=O)[O-])ccc1O. The average molecular weight is 267 g/mol. The van der Waals surface area contributed by atoms with E-state index in [9.17, 15) is 20.0 Å². The maximum atomic E-state index is 12.1. The molecule has 0 aliphatic rings. The van der Waals surface area contributed by atoms with Crippen LogP contribution in [0, 0.1) is 15.5 Å². The van der Waals surface area contributed by atoms with E-state index in [4.69, 9.17) is 5.73 Å². The molecule has 1 unspecified atom stereocenters. The summed E-state index contributed by atoms with van der Waals surface area (Å²) in [5.74, 6) is -0.609. The number of amides is 1. The fourth-order valence-corrected chi connectivity index (χ4v) is 1.41. The fourth-order valence-electron chi connectivity index (χ4n) is 1.41. The lowest BCUT2D eigenvalue weighted by atomic mass is 9.86. The van der Waals surface area contributed by atoms with Crippen LogP contribution in [0.4, 0.5) is 11.4 Å². The highest BCUT2D eigenvalue weighted by atomic mass is 16.6. The van der Waals surface area contributed by atoms with Gasteiger partial charge in [0.05, 0.1) is 16.0 Å². The molecule has 0 aliphatic carbocycles. The van der Waals surface area contributed by atoms with Gasteiger partial charge in [0, 0.05) is 18.7 Å². The predicted octanol–water partition coefficient (Wildman–Crippen LogP) is 1.61. The van der Waals surface area contributed by atoms with Gasteiger partial charge in [-0.2, -0.15) is 0 Å². The van der Waals surface area contributed by atoms with E-state index in [1.807, 2.05) is 6.92 Å². The summed E-state index contributed by atoms with van der Waals surface area (Å²) in [5.41, 5.74) is 4.57. The van der Waals surface area contributed by atoms with Gasteiger partial charge in [0.1, 0.15) is 5.75 Å². The number of hydrogen-bond acceptors (Lipinski definition) is 5. The van der Waals surface area contributed by atoms with Gasteiger partial charge in [-0.3, -0.25) is 14.9 Å². The number of hydrogen-bond donors (Lipinski definition) is 3. The molecule has 0 saturated heterocycles. The minimum Gasteiger partial charge on any atom is -0.506 e. The summed E-state index contributed by atoms with van der Waals surface area (Å²) >= 11 is 0. The number of nitrogens with zero attached hydrogens (tertiary/aromatic N) is 1. The zero-order chi connectivity index (χ0) is 14.6. The summed E-state index contributed by atoms with van der Waals surface area (Å²) < 4.78 is 0. The lowest BCUT2D eigenvalue weighted by molar-refractivity contribution is -0.384. The molecule has 1 aromatic rings. The minimum atomic E-state index is -0.781. The van der Waals surface area contributed by atoms with Gasteiger partial charge >= 0.3 is 0 Å². The normalized spacial score (nSPS) is 13.6. The van der Waals surface area contributed by atoms with E-state index >= 15 is 0 Å².